The van der Waals surface area contributed by atoms with Crippen LogP contribution in [0.25, 0.3) is 0 Å². The highest BCUT2D eigenvalue weighted by molar-refractivity contribution is 5.94. The quantitative estimate of drug-likeness (QED) is 0.447. The molecule has 0 spiro atoms. The van der Waals surface area contributed by atoms with E-state index >= 15 is 0 Å². The van der Waals surface area contributed by atoms with Crippen molar-refractivity contribution in [2.24, 2.45) is 0 Å². The first-order chi connectivity index (χ1) is 12.4. The second-order valence-electron chi connectivity index (χ2n) is 5.86. The molecule has 1 aromatic rings. The van der Waals surface area contributed by atoms with Gasteiger partial charge in [0, 0.05) is 6.92 Å². The van der Waals surface area contributed by atoms with Crippen molar-refractivity contribution in [3.8, 4) is 5.75 Å². The van der Waals surface area contributed by atoms with Crippen LogP contribution in [0.2, 0.25) is 0 Å². The van der Waals surface area contributed by atoms with Crippen LogP contribution in [0, 0.1) is 10.1 Å². The highest BCUT2D eigenvalue weighted by Crippen LogP contribution is 2.34. The molecule has 0 bridgehead atoms. The van der Waals surface area contributed by atoms with Crippen LogP contribution in [0.4, 0.5) is 11.4 Å². The van der Waals surface area contributed by atoms with Crippen LogP contribution in [0.15, 0.2) is 18.2 Å². The maximum absolute atomic E-state index is 12.2. The Bertz CT molecular complexity index is 672. The third kappa shape index (κ3) is 4.92. The standard InChI is InChI=1S/C17H23N3O6/c1-3-25-17(22)11-26-13-7-8-14(15(10-13)20(23)24)19(12(2)21)16-6-4-5-9-18-16/h7-8,10,16,18H,3-6,9,11H2,1-2H3. The monoisotopic (exact) mass is 365 g/mol. The number of hydrogen-bond donors (Lipinski definition) is 1. The predicted octanol–water partition coefficient (Wildman–Crippen LogP) is 1.99. The summed E-state index contributed by atoms with van der Waals surface area (Å²) in [4.78, 5) is 35.9. The number of carbonyl (C=O) groups excluding carboxylic acids is 2. The van der Waals surface area contributed by atoms with Crippen LogP contribution in [-0.2, 0) is 14.3 Å². The van der Waals surface area contributed by atoms with Gasteiger partial charge in [0.15, 0.2) is 6.61 Å². The van der Waals surface area contributed by atoms with Crippen LogP contribution in [0.3, 0.4) is 0 Å². The van der Waals surface area contributed by atoms with Gasteiger partial charge < -0.3 is 9.47 Å². The number of esters is 1. The summed E-state index contributed by atoms with van der Waals surface area (Å²) >= 11 is 0. The average molecular weight is 365 g/mol. The molecule has 26 heavy (non-hydrogen) atoms. The van der Waals surface area contributed by atoms with Crippen LogP contribution < -0.4 is 15.0 Å². The van der Waals surface area contributed by atoms with Gasteiger partial charge in [0.05, 0.1) is 23.8 Å². The van der Waals surface area contributed by atoms with Crippen molar-refractivity contribution < 1.29 is 24.0 Å². The number of rotatable bonds is 7. The number of nitro benzene ring substituents is 1. The van der Waals surface area contributed by atoms with Gasteiger partial charge in [-0.2, -0.15) is 0 Å². The molecule has 0 radical (unpaired) electrons. The van der Waals surface area contributed by atoms with Gasteiger partial charge in [0.2, 0.25) is 5.91 Å². The Morgan fingerprint density at radius 3 is 2.73 bits per heavy atom. The van der Waals surface area contributed by atoms with E-state index in [1.165, 1.54) is 30.0 Å². The van der Waals surface area contributed by atoms with Crippen LogP contribution in [-0.4, -0.2) is 42.7 Å². The van der Waals surface area contributed by atoms with Crippen molar-refractivity contribution in [2.75, 3.05) is 24.7 Å². The van der Waals surface area contributed by atoms with Gasteiger partial charge >= 0.3 is 5.97 Å². The zero-order valence-electron chi connectivity index (χ0n) is 14.9. The number of nitrogens with zero attached hydrogens (tertiary/aromatic N) is 2. The van der Waals surface area contributed by atoms with Gasteiger partial charge in [-0.3, -0.25) is 25.1 Å². The highest BCUT2D eigenvalue weighted by Gasteiger charge is 2.30. The van der Waals surface area contributed by atoms with Crippen molar-refractivity contribution in [2.45, 2.75) is 39.3 Å². The lowest BCUT2D eigenvalue weighted by Crippen LogP contribution is -2.50. The fourth-order valence-corrected chi connectivity index (χ4v) is 2.90. The molecule has 2 rings (SSSR count). The van der Waals surface area contributed by atoms with Crippen molar-refractivity contribution in [1.82, 2.24) is 5.32 Å². The number of nitro groups is 1. The molecular weight excluding hydrogens is 342 g/mol. The first-order valence-corrected chi connectivity index (χ1v) is 8.54. The normalized spacial score (nSPS) is 16.6. The summed E-state index contributed by atoms with van der Waals surface area (Å²) in [6.45, 7) is 3.69. The molecule has 1 aliphatic heterocycles. The van der Waals surface area contributed by atoms with E-state index in [9.17, 15) is 19.7 Å². The average Bonchev–Trinajstić information content (AvgIpc) is 2.61. The Labute approximate surface area is 151 Å². The number of hydrogen-bond acceptors (Lipinski definition) is 7. The van der Waals surface area contributed by atoms with Gasteiger partial charge in [-0.1, -0.05) is 0 Å². The summed E-state index contributed by atoms with van der Waals surface area (Å²) in [7, 11) is 0. The smallest absolute Gasteiger partial charge is 0.344 e. The van der Waals surface area contributed by atoms with E-state index in [2.05, 4.69) is 5.32 Å². The molecule has 0 aliphatic carbocycles. The van der Waals surface area contributed by atoms with E-state index in [1.807, 2.05) is 0 Å². The Morgan fingerprint density at radius 1 is 1.38 bits per heavy atom. The van der Waals surface area contributed by atoms with E-state index in [0.717, 1.165) is 25.8 Å². The van der Waals surface area contributed by atoms with E-state index in [-0.39, 0.29) is 42.4 Å². The van der Waals surface area contributed by atoms with Gasteiger partial charge in [-0.15, -0.1) is 0 Å². The van der Waals surface area contributed by atoms with Gasteiger partial charge in [0.1, 0.15) is 11.4 Å². The molecule has 1 N–H and O–H groups in total. The molecule has 1 heterocycles. The summed E-state index contributed by atoms with van der Waals surface area (Å²) in [5, 5.41) is 14.7. The number of carbonyl (C=O) groups is 2. The van der Waals surface area contributed by atoms with E-state index in [1.54, 1.807) is 6.92 Å². The lowest BCUT2D eigenvalue weighted by Gasteiger charge is -2.34. The number of ether oxygens (including phenoxy) is 2. The lowest BCUT2D eigenvalue weighted by atomic mass is 10.1. The molecule has 0 saturated carbocycles. The van der Waals surface area contributed by atoms with Crippen molar-refractivity contribution in [3.63, 3.8) is 0 Å². The summed E-state index contributed by atoms with van der Waals surface area (Å²) < 4.78 is 10.0. The van der Waals surface area contributed by atoms with E-state index < -0.39 is 10.9 Å². The molecule has 1 fully saturated rings. The second-order valence-corrected chi connectivity index (χ2v) is 5.86. The highest BCUT2D eigenvalue weighted by atomic mass is 16.6. The maximum atomic E-state index is 12.2. The third-order valence-corrected chi connectivity index (χ3v) is 4.00. The van der Waals surface area contributed by atoms with Gasteiger partial charge in [0.25, 0.3) is 5.69 Å². The molecule has 1 amide bonds. The molecule has 1 aromatic carbocycles. The molecule has 142 valence electrons. The lowest BCUT2D eigenvalue weighted by molar-refractivity contribution is -0.384. The molecule has 1 unspecified atom stereocenters. The van der Waals surface area contributed by atoms with Crippen LogP contribution >= 0.6 is 0 Å². The van der Waals surface area contributed by atoms with Crippen molar-refractivity contribution >= 4 is 23.3 Å². The molecule has 1 aliphatic rings. The number of benzene rings is 1. The third-order valence-electron chi connectivity index (χ3n) is 4.00. The zero-order chi connectivity index (χ0) is 19.1. The first kappa shape index (κ1) is 19.6. The first-order valence-electron chi connectivity index (χ1n) is 8.54. The summed E-state index contributed by atoms with van der Waals surface area (Å²) in [5.41, 5.74) is -0.0562. The largest absolute Gasteiger partial charge is 0.482 e. The zero-order valence-corrected chi connectivity index (χ0v) is 14.9. The minimum Gasteiger partial charge on any atom is -0.482 e. The second kappa shape index (κ2) is 9.14. The van der Waals surface area contributed by atoms with E-state index in [4.69, 9.17) is 9.47 Å². The van der Waals surface area contributed by atoms with Crippen LogP contribution in [0.1, 0.15) is 33.1 Å². The Balaban J connectivity index is 2.27. The van der Waals surface area contributed by atoms with Crippen molar-refractivity contribution in [1.29, 1.82) is 0 Å². The fraction of sp³-hybridized carbons (Fsp3) is 0.529. The molecule has 1 saturated heterocycles. The number of piperidine rings is 1. The van der Waals surface area contributed by atoms with Crippen molar-refractivity contribution in [3.05, 3.63) is 28.3 Å². The SMILES string of the molecule is CCOC(=O)COc1ccc(N(C(C)=O)C2CCCCN2)c([N+](=O)[O-])c1. The molecule has 1 atom stereocenters. The summed E-state index contributed by atoms with van der Waals surface area (Å²) in [6, 6.07) is 4.18. The minimum atomic E-state index is -0.564. The topological polar surface area (TPSA) is 111 Å². The Hall–Kier alpha value is -2.68. The fourth-order valence-electron chi connectivity index (χ4n) is 2.90. The summed E-state index contributed by atoms with van der Waals surface area (Å²) in [5.74, 6) is -0.683. The predicted molar refractivity (Wildman–Crippen MR) is 94.0 cm³/mol. The molecular formula is C17H23N3O6. The van der Waals surface area contributed by atoms with E-state index in [0.29, 0.717) is 0 Å². The number of nitrogens with one attached hydrogen (secondary N) is 1. The van der Waals surface area contributed by atoms with Gasteiger partial charge in [-0.05, 0) is 44.9 Å². The minimum absolute atomic E-state index is 0.161. The molecule has 9 nitrogen and oxygen atoms in total. The molecule has 0 aromatic heterocycles. The Morgan fingerprint density at radius 2 is 2.15 bits per heavy atom. The van der Waals surface area contributed by atoms with Crippen LogP contribution in [0.5, 0.6) is 5.75 Å². The Kier molecular flexibility index (Phi) is 6.90. The number of anilines is 1. The number of amides is 1. The molecule has 9 heteroatoms. The summed E-state index contributed by atoms with van der Waals surface area (Å²) in [6.07, 6.45) is 2.38. The maximum Gasteiger partial charge on any atom is 0.344 e. The van der Waals surface area contributed by atoms with Gasteiger partial charge in [-0.25, -0.2) is 4.79 Å².